The summed E-state index contributed by atoms with van der Waals surface area (Å²) in [6.07, 6.45) is 0. The monoisotopic (exact) mass is 454 g/mol. The standard InChI is InChI=1S/C23H16Cl2N2O2S/c24-16-8-10-18(11-9-16)29-13-22(28)26-17-5-3-4-15(12-17)21-14-30-23(27-21)19-6-1-2-7-20(19)25/h1-12,14H,13H2,(H,26,28). The summed E-state index contributed by atoms with van der Waals surface area (Å²) < 4.78 is 5.48. The summed E-state index contributed by atoms with van der Waals surface area (Å²) in [4.78, 5) is 16.9. The van der Waals surface area contributed by atoms with Gasteiger partial charge in [-0.25, -0.2) is 4.98 Å². The number of rotatable bonds is 6. The van der Waals surface area contributed by atoms with Gasteiger partial charge in [-0.2, -0.15) is 0 Å². The van der Waals surface area contributed by atoms with Gasteiger partial charge in [0.2, 0.25) is 0 Å². The van der Waals surface area contributed by atoms with Crippen LogP contribution in [0.25, 0.3) is 21.8 Å². The number of aromatic nitrogens is 1. The van der Waals surface area contributed by atoms with Gasteiger partial charge in [0.25, 0.3) is 5.91 Å². The van der Waals surface area contributed by atoms with Crippen LogP contribution in [0.2, 0.25) is 10.0 Å². The number of carbonyl (C=O) groups is 1. The molecular weight excluding hydrogens is 439 g/mol. The smallest absolute Gasteiger partial charge is 0.262 e. The fourth-order valence-corrected chi connectivity index (χ4v) is 4.07. The first-order valence-corrected chi connectivity index (χ1v) is 10.7. The number of benzene rings is 3. The van der Waals surface area contributed by atoms with E-state index in [4.69, 9.17) is 32.9 Å². The van der Waals surface area contributed by atoms with Crippen LogP contribution < -0.4 is 10.1 Å². The topological polar surface area (TPSA) is 51.2 Å². The first kappa shape index (κ1) is 20.4. The maximum Gasteiger partial charge on any atom is 0.262 e. The highest BCUT2D eigenvalue weighted by molar-refractivity contribution is 7.13. The van der Waals surface area contributed by atoms with Gasteiger partial charge in [-0.05, 0) is 42.5 Å². The lowest BCUT2D eigenvalue weighted by molar-refractivity contribution is -0.118. The van der Waals surface area contributed by atoms with Crippen molar-refractivity contribution in [3.05, 3.63) is 88.2 Å². The number of halogens is 2. The minimum Gasteiger partial charge on any atom is -0.484 e. The van der Waals surface area contributed by atoms with Gasteiger partial charge >= 0.3 is 0 Å². The second-order valence-corrected chi connectivity index (χ2v) is 8.09. The van der Waals surface area contributed by atoms with E-state index in [0.29, 0.717) is 21.5 Å². The van der Waals surface area contributed by atoms with Crippen molar-refractivity contribution in [3.8, 4) is 27.6 Å². The molecular formula is C23H16Cl2N2O2S. The highest BCUT2D eigenvalue weighted by Gasteiger charge is 2.11. The maximum absolute atomic E-state index is 12.2. The van der Waals surface area contributed by atoms with Crippen molar-refractivity contribution in [2.24, 2.45) is 0 Å². The SMILES string of the molecule is O=C(COc1ccc(Cl)cc1)Nc1cccc(-c2csc(-c3ccccc3Cl)n2)c1. The van der Waals surface area contributed by atoms with Crippen LogP contribution in [0.3, 0.4) is 0 Å². The molecule has 1 aromatic heterocycles. The third kappa shape index (κ3) is 5.00. The maximum atomic E-state index is 12.2. The minimum absolute atomic E-state index is 0.0980. The largest absolute Gasteiger partial charge is 0.484 e. The normalized spacial score (nSPS) is 10.6. The Morgan fingerprint density at radius 1 is 1.00 bits per heavy atom. The average molecular weight is 455 g/mol. The first-order valence-electron chi connectivity index (χ1n) is 9.07. The number of carbonyl (C=O) groups excluding carboxylic acids is 1. The van der Waals surface area contributed by atoms with Crippen LogP contribution in [-0.2, 0) is 4.79 Å². The third-order valence-electron chi connectivity index (χ3n) is 4.23. The zero-order valence-corrected chi connectivity index (χ0v) is 18.0. The second kappa shape index (κ2) is 9.30. The van der Waals surface area contributed by atoms with E-state index in [1.165, 1.54) is 11.3 Å². The summed E-state index contributed by atoms with van der Waals surface area (Å²) in [6.45, 7) is -0.0980. The van der Waals surface area contributed by atoms with Crippen molar-refractivity contribution < 1.29 is 9.53 Å². The van der Waals surface area contributed by atoms with E-state index in [2.05, 4.69) is 5.32 Å². The van der Waals surface area contributed by atoms with Crippen LogP contribution in [0.4, 0.5) is 5.69 Å². The molecule has 3 aromatic carbocycles. The van der Waals surface area contributed by atoms with Crippen molar-refractivity contribution in [1.29, 1.82) is 0 Å². The molecule has 4 rings (SSSR count). The predicted octanol–water partition coefficient (Wildman–Crippen LogP) is 6.80. The summed E-state index contributed by atoms with van der Waals surface area (Å²) in [5.41, 5.74) is 3.30. The zero-order valence-electron chi connectivity index (χ0n) is 15.6. The number of hydrogen-bond donors (Lipinski definition) is 1. The van der Waals surface area contributed by atoms with E-state index in [1.807, 2.05) is 53.9 Å². The zero-order chi connectivity index (χ0) is 20.9. The van der Waals surface area contributed by atoms with E-state index in [9.17, 15) is 4.79 Å². The van der Waals surface area contributed by atoms with Crippen LogP contribution >= 0.6 is 34.5 Å². The molecule has 30 heavy (non-hydrogen) atoms. The van der Waals surface area contributed by atoms with Crippen molar-refractivity contribution in [1.82, 2.24) is 4.98 Å². The molecule has 0 unspecified atom stereocenters. The van der Waals surface area contributed by atoms with E-state index in [0.717, 1.165) is 21.8 Å². The molecule has 0 spiro atoms. The van der Waals surface area contributed by atoms with E-state index < -0.39 is 0 Å². The van der Waals surface area contributed by atoms with Crippen LogP contribution in [0, 0.1) is 0 Å². The van der Waals surface area contributed by atoms with E-state index in [-0.39, 0.29) is 12.5 Å². The highest BCUT2D eigenvalue weighted by Crippen LogP contribution is 2.33. The fraction of sp³-hybridized carbons (Fsp3) is 0.0435. The van der Waals surface area contributed by atoms with Gasteiger partial charge in [-0.1, -0.05) is 53.5 Å². The lowest BCUT2D eigenvalue weighted by atomic mass is 10.1. The lowest BCUT2D eigenvalue weighted by Gasteiger charge is -2.08. The van der Waals surface area contributed by atoms with Gasteiger partial charge in [-0.3, -0.25) is 4.79 Å². The van der Waals surface area contributed by atoms with Crippen LogP contribution in [-0.4, -0.2) is 17.5 Å². The van der Waals surface area contributed by atoms with Crippen molar-refractivity contribution in [3.63, 3.8) is 0 Å². The minimum atomic E-state index is -0.253. The summed E-state index contributed by atoms with van der Waals surface area (Å²) in [7, 11) is 0. The molecule has 0 saturated heterocycles. The Kier molecular flexibility index (Phi) is 6.33. The Labute approximate surface area is 188 Å². The number of nitrogens with one attached hydrogen (secondary N) is 1. The molecule has 0 radical (unpaired) electrons. The summed E-state index contributed by atoms with van der Waals surface area (Å²) in [5, 5.41) is 6.95. The van der Waals surface area contributed by atoms with Gasteiger partial charge in [-0.15, -0.1) is 11.3 Å². The summed E-state index contributed by atoms with van der Waals surface area (Å²) in [5.74, 6) is 0.329. The van der Waals surface area contributed by atoms with Crippen molar-refractivity contribution in [2.75, 3.05) is 11.9 Å². The van der Waals surface area contributed by atoms with Gasteiger partial charge in [0, 0.05) is 27.2 Å². The van der Waals surface area contributed by atoms with E-state index in [1.54, 1.807) is 24.3 Å². The quantitative estimate of drug-likeness (QED) is 0.348. The highest BCUT2D eigenvalue weighted by atomic mass is 35.5. The summed E-state index contributed by atoms with van der Waals surface area (Å²) in [6, 6.07) is 22.0. The average Bonchev–Trinajstić information content (AvgIpc) is 3.24. The molecule has 1 amide bonds. The molecule has 0 aliphatic rings. The first-order chi connectivity index (χ1) is 14.6. The van der Waals surface area contributed by atoms with Gasteiger partial charge in [0.05, 0.1) is 10.7 Å². The Morgan fingerprint density at radius 2 is 1.80 bits per heavy atom. The molecule has 150 valence electrons. The number of thiazole rings is 1. The molecule has 0 atom stereocenters. The number of anilines is 1. The molecule has 0 saturated carbocycles. The van der Waals surface area contributed by atoms with Gasteiger partial charge in [0.15, 0.2) is 6.61 Å². The fourth-order valence-electron chi connectivity index (χ4n) is 2.80. The van der Waals surface area contributed by atoms with E-state index >= 15 is 0 Å². The number of ether oxygens (including phenoxy) is 1. The molecule has 0 fully saturated rings. The molecule has 0 aliphatic heterocycles. The van der Waals surface area contributed by atoms with Crippen LogP contribution in [0.5, 0.6) is 5.75 Å². The second-order valence-electron chi connectivity index (χ2n) is 6.39. The van der Waals surface area contributed by atoms with Gasteiger partial charge < -0.3 is 10.1 Å². The number of nitrogens with zero attached hydrogens (tertiary/aromatic N) is 1. The molecule has 4 nitrogen and oxygen atoms in total. The lowest BCUT2D eigenvalue weighted by Crippen LogP contribution is -2.20. The molecule has 0 aliphatic carbocycles. The Morgan fingerprint density at radius 3 is 2.60 bits per heavy atom. The Hall–Kier alpha value is -2.86. The van der Waals surface area contributed by atoms with Crippen molar-refractivity contribution >= 4 is 46.1 Å². The molecule has 0 bridgehead atoms. The number of amides is 1. The molecule has 1 heterocycles. The molecule has 4 aromatic rings. The molecule has 1 N–H and O–H groups in total. The van der Waals surface area contributed by atoms with Crippen LogP contribution in [0.15, 0.2) is 78.2 Å². The van der Waals surface area contributed by atoms with Gasteiger partial charge in [0.1, 0.15) is 10.8 Å². The predicted molar refractivity (Wildman–Crippen MR) is 124 cm³/mol. The van der Waals surface area contributed by atoms with Crippen LogP contribution in [0.1, 0.15) is 0 Å². The summed E-state index contributed by atoms with van der Waals surface area (Å²) >= 11 is 13.7. The third-order valence-corrected chi connectivity index (χ3v) is 5.69. The Bertz CT molecular complexity index is 1180. The molecule has 7 heteroatoms. The number of hydrogen-bond acceptors (Lipinski definition) is 4. The Balaban J connectivity index is 1.43. The van der Waals surface area contributed by atoms with Crippen molar-refractivity contribution in [2.45, 2.75) is 0 Å².